The molecule has 0 N–H and O–H groups in total. The van der Waals surface area contributed by atoms with Crippen LogP contribution in [0.1, 0.15) is 167 Å². The van der Waals surface area contributed by atoms with Crippen molar-refractivity contribution in [2.45, 2.75) is 163 Å². The van der Waals surface area contributed by atoms with E-state index in [-0.39, 0.29) is 17.9 Å². The van der Waals surface area contributed by atoms with E-state index in [0.29, 0.717) is 23.7 Å². The summed E-state index contributed by atoms with van der Waals surface area (Å²) in [4.78, 5) is 26.5. The predicted octanol–water partition coefficient (Wildman–Crippen LogP) is 14.8. The standard InChI is InChI=1S/C53H70O3/c1-35(2)15-12-16-36(3)45-27-28-46-43-26-25-40-34-41(29-31-52(40,4)47(43)30-32-53(45,46)5)56-49(55)22-11-9-7-6-8-10-21-48(54)44-33-39-19-13-17-37-23-24-38-18-14-20-42(44)51(38)50(37)39/h13-14,17-20,23-25,33,35-36,41,43,45-47H,6-12,15-16,21-22,26-32,34H2,1-5H3/t36-,41+,43+,45-,46+,47+,52+,53-/m1/s1. The first-order chi connectivity index (χ1) is 27.1. The zero-order chi connectivity index (χ0) is 39.0. The maximum Gasteiger partial charge on any atom is 0.306 e. The molecule has 0 unspecified atom stereocenters. The molecule has 0 bridgehead atoms. The molecule has 0 saturated heterocycles. The Morgan fingerprint density at radius 3 is 2.23 bits per heavy atom. The summed E-state index contributed by atoms with van der Waals surface area (Å²) in [5, 5.41) is 7.16. The highest BCUT2D eigenvalue weighted by atomic mass is 16.5. The second-order valence-electron chi connectivity index (χ2n) is 20.2. The van der Waals surface area contributed by atoms with E-state index in [1.54, 1.807) is 5.57 Å². The number of fused-ring (bicyclic) bond motifs is 5. The van der Waals surface area contributed by atoms with Gasteiger partial charge in [-0.3, -0.25) is 9.59 Å². The third-order valence-electron chi connectivity index (χ3n) is 16.4. The molecule has 0 radical (unpaired) electrons. The normalized spacial score (nSPS) is 29.3. The van der Waals surface area contributed by atoms with E-state index in [2.05, 4.69) is 95.3 Å². The van der Waals surface area contributed by atoms with Crippen molar-refractivity contribution in [3.05, 3.63) is 71.8 Å². The molecule has 4 aromatic carbocycles. The van der Waals surface area contributed by atoms with Gasteiger partial charge < -0.3 is 4.74 Å². The zero-order valence-corrected chi connectivity index (χ0v) is 35.5. The van der Waals surface area contributed by atoms with E-state index >= 15 is 0 Å². The highest BCUT2D eigenvalue weighted by molar-refractivity contribution is 6.27. The lowest BCUT2D eigenvalue weighted by molar-refractivity contribution is -0.151. The fraction of sp³-hybridized carbons (Fsp3) is 0.623. The number of Topliss-reactive ketones (excluding diaryl/α,β-unsaturated/α-hetero) is 1. The van der Waals surface area contributed by atoms with Crippen LogP contribution >= 0.6 is 0 Å². The summed E-state index contributed by atoms with van der Waals surface area (Å²) in [6, 6.07) is 19.2. The molecule has 3 saturated carbocycles. The van der Waals surface area contributed by atoms with Gasteiger partial charge in [-0.1, -0.05) is 140 Å². The van der Waals surface area contributed by atoms with Gasteiger partial charge in [-0.05, 0) is 143 Å². The van der Waals surface area contributed by atoms with Gasteiger partial charge in [0.15, 0.2) is 5.78 Å². The Morgan fingerprint density at radius 2 is 1.45 bits per heavy atom. The van der Waals surface area contributed by atoms with Gasteiger partial charge in [0, 0.05) is 24.8 Å². The van der Waals surface area contributed by atoms with Crippen LogP contribution < -0.4 is 0 Å². The summed E-state index contributed by atoms with van der Waals surface area (Å²) < 4.78 is 6.16. The summed E-state index contributed by atoms with van der Waals surface area (Å²) in [6.07, 6.45) is 24.2. The lowest BCUT2D eigenvalue weighted by Crippen LogP contribution is -2.51. The molecule has 3 fully saturated rings. The van der Waals surface area contributed by atoms with Crippen molar-refractivity contribution >= 4 is 44.1 Å². The molecular formula is C53H70O3. The largest absolute Gasteiger partial charge is 0.462 e. The fourth-order valence-electron chi connectivity index (χ4n) is 13.4. The van der Waals surface area contributed by atoms with Crippen LogP contribution in [0, 0.1) is 46.3 Å². The number of allylic oxidation sites excluding steroid dienone is 1. The van der Waals surface area contributed by atoms with Crippen molar-refractivity contribution < 1.29 is 14.3 Å². The first-order valence-electron chi connectivity index (χ1n) is 23.2. The van der Waals surface area contributed by atoms with E-state index in [4.69, 9.17) is 4.74 Å². The topological polar surface area (TPSA) is 43.4 Å². The van der Waals surface area contributed by atoms with Gasteiger partial charge in [-0.15, -0.1) is 0 Å². The van der Waals surface area contributed by atoms with Crippen LogP contribution in [0.3, 0.4) is 0 Å². The number of hydrogen-bond acceptors (Lipinski definition) is 3. The van der Waals surface area contributed by atoms with Crippen LogP contribution in [0.15, 0.2) is 66.2 Å². The third-order valence-corrected chi connectivity index (χ3v) is 16.4. The molecule has 300 valence electrons. The second kappa shape index (κ2) is 16.6. The Hall–Kier alpha value is -3.20. The quantitative estimate of drug-likeness (QED) is 0.0376. The third kappa shape index (κ3) is 7.59. The number of esters is 1. The molecule has 4 aromatic rings. The van der Waals surface area contributed by atoms with Gasteiger partial charge in [0.2, 0.25) is 0 Å². The highest BCUT2D eigenvalue weighted by Crippen LogP contribution is 2.67. The van der Waals surface area contributed by atoms with Gasteiger partial charge in [0.05, 0.1) is 0 Å². The zero-order valence-electron chi connectivity index (χ0n) is 35.5. The predicted molar refractivity (Wildman–Crippen MR) is 234 cm³/mol. The summed E-state index contributed by atoms with van der Waals surface area (Å²) in [5.41, 5.74) is 3.29. The van der Waals surface area contributed by atoms with Crippen molar-refractivity contribution in [1.29, 1.82) is 0 Å². The minimum atomic E-state index is -0.000489. The molecule has 0 amide bonds. The van der Waals surface area contributed by atoms with Crippen molar-refractivity contribution in [3.63, 3.8) is 0 Å². The van der Waals surface area contributed by atoms with Crippen molar-refractivity contribution in [1.82, 2.24) is 0 Å². The Bertz CT molecular complexity index is 2040. The van der Waals surface area contributed by atoms with Crippen LogP contribution in [-0.4, -0.2) is 17.9 Å². The number of benzene rings is 4. The van der Waals surface area contributed by atoms with E-state index < -0.39 is 0 Å². The lowest BCUT2D eigenvalue weighted by atomic mass is 9.47. The molecule has 0 aromatic heterocycles. The first kappa shape index (κ1) is 39.6. The summed E-state index contributed by atoms with van der Waals surface area (Å²) in [6.45, 7) is 12.6. The van der Waals surface area contributed by atoms with Crippen LogP contribution in [0.25, 0.3) is 32.3 Å². The van der Waals surface area contributed by atoms with Crippen molar-refractivity contribution in [3.8, 4) is 0 Å². The average Bonchev–Trinajstić information content (AvgIpc) is 3.55. The number of ether oxygens (including phenoxy) is 1. The summed E-state index contributed by atoms with van der Waals surface area (Å²) in [5.74, 6) is 5.36. The number of carbonyl (C=O) groups is 2. The highest BCUT2D eigenvalue weighted by Gasteiger charge is 2.59. The van der Waals surface area contributed by atoms with Crippen LogP contribution in [-0.2, 0) is 9.53 Å². The SMILES string of the molecule is CC(C)CCC[C@@H](C)[C@H]1CC[C@H]2[C@@H]3CC=C4C[C@@H](OC(=O)CCCCCCCCC(=O)c5cc6cccc7ccc8cccc5c8c76)CC[C@]4(C)[C@H]3CC[C@]12C. The molecular weight excluding hydrogens is 685 g/mol. The van der Waals surface area contributed by atoms with E-state index in [0.717, 1.165) is 103 Å². The number of ketones is 1. The lowest BCUT2D eigenvalue weighted by Gasteiger charge is -2.58. The average molecular weight is 755 g/mol. The molecule has 0 heterocycles. The van der Waals surface area contributed by atoms with Gasteiger partial charge in [0.1, 0.15) is 6.10 Å². The smallest absolute Gasteiger partial charge is 0.306 e. The Balaban J connectivity index is 0.751. The molecule has 4 aliphatic rings. The molecule has 8 rings (SSSR count). The summed E-state index contributed by atoms with van der Waals surface area (Å²) in [7, 11) is 0. The molecule has 0 spiro atoms. The van der Waals surface area contributed by atoms with E-state index in [9.17, 15) is 9.59 Å². The molecule has 4 aliphatic carbocycles. The van der Waals surface area contributed by atoms with Crippen LogP contribution in [0.5, 0.6) is 0 Å². The number of hydrogen-bond donors (Lipinski definition) is 0. The number of carbonyl (C=O) groups excluding carboxylic acids is 2. The monoisotopic (exact) mass is 755 g/mol. The molecule has 0 aliphatic heterocycles. The minimum Gasteiger partial charge on any atom is -0.462 e. The van der Waals surface area contributed by atoms with Crippen molar-refractivity contribution in [2.24, 2.45) is 46.3 Å². The number of unbranched alkanes of at least 4 members (excludes halogenated alkanes) is 5. The number of rotatable bonds is 16. The molecule has 8 atom stereocenters. The maximum absolute atomic E-state index is 13.5. The molecule has 3 heteroatoms. The van der Waals surface area contributed by atoms with Gasteiger partial charge in [-0.25, -0.2) is 0 Å². The Morgan fingerprint density at radius 1 is 0.732 bits per heavy atom. The fourth-order valence-corrected chi connectivity index (χ4v) is 13.4. The Labute approximate surface area is 338 Å². The second-order valence-corrected chi connectivity index (χ2v) is 20.2. The van der Waals surface area contributed by atoms with E-state index in [1.165, 1.54) is 79.3 Å². The van der Waals surface area contributed by atoms with Gasteiger partial charge in [0.25, 0.3) is 0 Å². The van der Waals surface area contributed by atoms with Gasteiger partial charge >= 0.3 is 5.97 Å². The van der Waals surface area contributed by atoms with Crippen LogP contribution in [0.4, 0.5) is 0 Å². The van der Waals surface area contributed by atoms with Crippen molar-refractivity contribution in [2.75, 3.05) is 0 Å². The molecule has 56 heavy (non-hydrogen) atoms. The minimum absolute atomic E-state index is 0.000489. The molecule has 3 nitrogen and oxygen atoms in total. The maximum atomic E-state index is 13.5. The van der Waals surface area contributed by atoms with Gasteiger partial charge in [-0.2, -0.15) is 0 Å². The Kier molecular flexibility index (Phi) is 11.7. The summed E-state index contributed by atoms with van der Waals surface area (Å²) >= 11 is 0. The van der Waals surface area contributed by atoms with Crippen LogP contribution in [0.2, 0.25) is 0 Å². The first-order valence-corrected chi connectivity index (χ1v) is 23.2. The van der Waals surface area contributed by atoms with E-state index in [1.807, 2.05) is 0 Å².